The predicted molar refractivity (Wildman–Crippen MR) is 58.9 cm³/mol. The molecule has 0 bridgehead atoms. The summed E-state index contributed by atoms with van der Waals surface area (Å²) in [5.41, 5.74) is 0. The molecule has 0 unspecified atom stereocenters. The van der Waals surface area contributed by atoms with Gasteiger partial charge in [0.1, 0.15) is 4.21 Å². The third-order valence-electron chi connectivity index (χ3n) is 1.40. The molecule has 80 valence electrons. The minimum Gasteiger partial charge on any atom is -0.392 e. The Balaban J connectivity index is 2.82. The molecule has 7 heteroatoms. The van der Waals surface area contributed by atoms with Crippen molar-refractivity contribution in [3.63, 3.8) is 0 Å². The van der Waals surface area contributed by atoms with Crippen LogP contribution in [0.5, 0.6) is 0 Å². The molecule has 1 aromatic rings. The molecule has 0 saturated heterocycles. The standard InChI is InChI=1S/C7H10BrNO3S2/c1-5(10)4-9-14(11,12)7-6(8)2-3-13-7/h2-3,5,9-10H,4H2,1H3/t5-/m1/s1. The summed E-state index contributed by atoms with van der Waals surface area (Å²) in [6, 6.07) is 1.67. The quantitative estimate of drug-likeness (QED) is 0.877. The van der Waals surface area contributed by atoms with Gasteiger partial charge in [-0.15, -0.1) is 11.3 Å². The molecule has 0 aromatic carbocycles. The van der Waals surface area contributed by atoms with E-state index in [-0.39, 0.29) is 10.8 Å². The van der Waals surface area contributed by atoms with Gasteiger partial charge in [0, 0.05) is 11.0 Å². The predicted octanol–water partition coefficient (Wildman–Crippen LogP) is 1.17. The van der Waals surface area contributed by atoms with E-state index >= 15 is 0 Å². The van der Waals surface area contributed by atoms with Crippen molar-refractivity contribution >= 4 is 37.3 Å². The molecule has 14 heavy (non-hydrogen) atoms. The molecule has 0 aliphatic rings. The number of aliphatic hydroxyl groups excluding tert-OH is 1. The van der Waals surface area contributed by atoms with Gasteiger partial charge in [0.05, 0.1) is 6.10 Å². The second-order valence-electron chi connectivity index (χ2n) is 2.76. The topological polar surface area (TPSA) is 66.4 Å². The number of hydrogen-bond donors (Lipinski definition) is 2. The van der Waals surface area contributed by atoms with E-state index in [2.05, 4.69) is 20.7 Å². The van der Waals surface area contributed by atoms with E-state index in [4.69, 9.17) is 5.11 Å². The van der Waals surface area contributed by atoms with Crippen LogP contribution in [0.2, 0.25) is 0 Å². The highest BCUT2D eigenvalue weighted by molar-refractivity contribution is 9.10. The molecule has 1 rings (SSSR count). The van der Waals surface area contributed by atoms with Crippen LogP contribution in [0, 0.1) is 0 Å². The third-order valence-corrected chi connectivity index (χ3v) is 5.49. The fourth-order valence-electron chi connectivity index (χ4n) is 0.767. The van der Waals surface area contributed by atoms with Crippen molar-refractivity contribution < 1.29 is 13.5 Å². The normalized spacial score (nSPS) is 14.2. The Morgan fingerprint density at radius 1 is 1.71 bits per heavy atom. The first-order chi connectivity index (χ1) is 6.43. The Labute approximate surface area is 95.1 Å². The summed E-state index contributed by atoms with van der Waals surface area (Å²) in [6.07, 6.45) is -0.691. The van der Waals surface area contributed by atoms with E-state index in [1.54, 1.807) is 11.4 Å². The van der Waals surface area contributed by atoms with Crippen LogP contribution < -0.4 is 4.72 Å². The molecule has 2 N–H and O–H groups in total. The molecule has 1 heterocycles. The van der Waals surface area contributed by atoms with E-state index in [0.717, 1.165) is 11.3 Å². The van der Waals surface area contributed by atoms with Gasteiger partial charge >= 0.3 is 0 Å². The molecule has 0 radical (unpaired) electrons. The summed E-state index contributed by atoms with van der Waals surface area (Å²) in [5, 5.41) is 10.6. The second-order valence-corrected chi connectivity index (χ2v) is 6.49. The largest absolute Gasteiger partial charge is 0.392 e. The van der Waals surface area contributed by atoms with E-state index in [0.29, 0.717) is 4.47 Å². The number of hydrogen-bond acceptors (Lipinski definition) is 4. The minimum absolute atomic E-state index is 0.0205. The highest BCUT2D eigenvalue weighted by atomic mass is 79.9. The van der Waals surface area contributed by atoms with Gasteiger partial charge in [-0.25, -0.2) is 13.1 Å². The molecule has 4 nitrogen and oxygen atoms in total. The zero-order valence-corrected chi connectivity index (χ0v) is 10.6. The molecule has 0 saturated carbocycles. The summed E-state index contributed by atoms with van der Waals surface area (Å²) in [6.45, 7) is 1.54. The SMILES string of the molecule is C[C@@H](O)CNS(=O)(=O)c1sccc1Br. The van der Waals surface area contributed by atoms with Crippen LogP contribution in [0.25, 0.3) is 0 Å². The van der Waals surface area contributed by atoms with Crippen LogP contribution in [0.1, 0.15) is 6.92 Å². The van der Waals surface area contributed by atoms with Gasteiger partial charge in [-0.2, -0.15) is 0 Å². The summed E-state index contributed by atoms with van der Waals surface area (Å²) < 4.78 is 26.2. The maximum atomic E-state index is 11.6. The average molecular weight is 300 g/mol. The first kappa shape index (κ1) is 12.1. The van der Waals surface area contributed by atoms with Crippen LogP contribution in [0.4, 0.5) is 0 Å². The van der Waals surface area contributed by atoms with Gasteiger partial charge in [-0.05, 0) is 34.3 Å². The lowest BCUT2D eigenvalue weighted by molar-refractivity contribution is 0.198. The Bertz CT molecular complexity index is 399. The summed E-state index contributed by atoms with van der Waals surface area (Å²) >= 11 is 4.27. The van der Waals surface area contributed by atoms with Gasteiger partial charge in [0.2, 0.25) is 0 Å². The first-order valence-corrected chi connectivity index (χ1v) is 7.00. The molecule has 1 aromatic heterocycles. The van der Waals surface area contributed by atoms with Gasteiger partial charge in [0.25, 0.3) is 10.0 Å². The average Bonchev–Trinajstić information content (AvgIpc) is 2.48. The highest BCUT2D eigenvalue weighted by Gasteiger charge is 2.18. The second kappa shape index (κ2) is 4.71. The molecule has 0 aliphatic carbocycles. The van der Waals surface area contributed by atoms with E-state index in [9.17, 15) is 8.42 Å². The number of rotatable bonds is 4. The molecular weight excluding hydrogens is 290 g/mol. The van der Waals surface area contributed by atoms with Crippen molar-refractivity contribution in [3.05, 3.63) is 15.9 Å². The lowest BCUT2D eigenvalue weighted by Crippen LogP contribution is -2.30. The number of aliphatic hydroxyl groups is 1. The lowest BCUT2D eigenvalue weighted by Gasteiger charge is -2.06. The molecule has 1 atom stereocenters. The van der Waals surface area contributed by atoms with E-state index in [1.165, 1.54) is 6.92 Å². The monoisotopic (exact) mass is 299 g/mol. The zero-order chi connectivity index (χ0) is 10.8. The van der Waals surface area contributed by atoms with Crippen molar-refractivity contribution in [3.8, 4) is 0 Å². The molecular formula is C7H10BrNO3S2. The van der Waals surface area contributed by atoms with Crippen LogP contribution in [-0.2, 0) is 10.0 Å². The molecule has 0 amide bonds. The van der Waals surface area contributed by atoms with Crippen molar-refractivity contribution in [2.24, 2.45) is 0 Å². The van der Waals surface area contributed by atoms with Crippen molar-refractivity contribution in [1.82, 2.24) is 4.72 Å². The Morgan fingerprint density at radius 3 is 2.79 bits per heavy atom. The van der Waals surface area contributed by atoms with E-state index < -0.39 is 16.1 Å². The minimum atomic E-state index is -3.48. The zero-order valence-electron chi connectivity index (χ0n) is 7.40. The summed E-state index contributed by atoms with van der Waals surface area (Å²) in [5.74, 6) is 0. The third kappa shape index (κ3) is 3.03. The van der Waals surface area contributed by atoms with Gasteiger partial charge < -0.3 is 5.11 Å². The van der Waals surface area contributed by atoms with Crippen molar-refractivity contribution in [1.29, 1.82) is 0 Å². The van der Waals surface area contributed by atoms with Crippen LogP contribution >= 0.6 is 27.3 Å². The van der Waals surface area contributed by atoms with Gasteiger partial charge in [0.15, 0.2) is 0 Å². The fourth-order valence-corrected chi connectivity index (χ4v) is 4.27. The Kier molecular flexibility index (Phi) is 4.08. The number of nitrogens with one attached hydrogen (secondary N) is 1. The van der Waals surface area contributed by atoms with Crippen LogP contribution in [0.3, 0.4) is 0 Å². The molecule has 0 spiro atoms. The maximum Gasteiger partial charge on any atom is 0.251 e. The Hall–Kier alpha value is 0.0500. The van der Waals surface area contributed by atoms with Crippen LogP contribution in [-0.4, -0.2) is 26.2 Å². The number of thiophene rings is 1. The van der Waals surface area contributed by atoms with Gasteiger partial charge in [-0.1, -0.05) is 0 Å². The molecule has 0 aliphatic heterocycles. The fraction of sp³-hybridized carbons (Fsp3) is 0.429. The lowest BCUT2D eigenvalue weighted by atomic mass is 10.4. The summed E-state index contributed by atoms with van der Waals surface area (Å²) in [4.78, 5) is 0. The Morgan fingerprint density at radius 2 is 2.36 bits per heavy atom. The maximum absolute atomic E-state index is 11.6. The van der Waals surface area contributed by atoms with Crippen LogP contribution in [0.15, 0.2) is 20.1 Å². The number of halogens is 1. The van der Waals surface area contributed by atoms with Crippen molar-refractivity contribution in [2.75, 3.05) is 6.54 Å². The highest BCUT2D eigenvalue weighted by Crippen LogP contribution is 2.27. The molecule has 0 fully saturated rings. The first-order valence-electron chi connectivity index (χ1n) is 3.84. The van der Waals surface area contributed by atoms with Crippen molar-refractivity contribution in [2.45, 2.75) is 17.2 Å². The van der Waals surface area contributed by atoms with Gasteiger partial charge in [-0.3, -0.25) is 0 Å². The van der Waals surface area contributed by atoms with E-state index in [1.807, 2.05) is 0 Å². The number of sulfonamides is 1. The smallest absolute Gasteiger partial charge is 0.251 e. The summed E-state index contributed by atoms with van der Waals surface area (Å²) in [7, 11) is -3.48.